The Morgan fingerprint density at radius 2 is 1.60 bits per heavy atom. The van der Waals surface area contributed by atoms with Gasteiger partial charge in [0.05, 0.1) is 29.4 Å². The molecule has 15 heteroatoms. The lowest BCUT2D eigenvalue weighted by atomic mass is 9.99. The summed E-state index contributed by atoms with van der Waals surface area (Å²) in [5, 5.41) is -0.0641. The highest BCUT2D eigenvalue weighted by molar-refractivity contribution is 7.99. The second-order valence-corrected chi connectivity index (χ2v) is 12.0. The van der Waals surface area contributed by atoms with Crippen LogP contribution in [0.3, 0.4) is 0 Å². The van der Waals surface area contributed by atoms with Crippen LogP contribution < -0.4 is 4.72 Å². The first-order valence-electron chi connectivity index (χ1n) is 12.1. The Morgan fingerprint density at radius 1 is 0.929 bits per heavy atom. The van der Waals surface area contributed by atoms with E-state index in [1.165, 1.54) is 53.4 Å². The van der Waals surface area contributed by atoms with Crippen molar-refractivity contribution in [2.75, 3.05) is 31.0 Å². The van der Waals surface area contributed by atoms with Crippen molar-refractivity contribution in [1.82, 2.24) is 4.90 Å². The molecule has 0 aromatic heterocycles. The predicted molar refractivity (Wildman–Crippen MR) is 146 cm³/mol. The van der Waals surface area contributed by atoms with Crippen LogP contribution >= 0.6 is 23.4 Å². The highest BCUT2D eigenvalue weighted by atomic mass is 35.5. The summed E-state index contributed by atoms with van der Waals surface area (Å²) in [4.78, 5) is 12.7. The van der Waals surface area contributed by atoms with Crippen LogP contribution in [-0.4, -0.2) is 45.5 Å². The van der Waals surface area contributed by atoms with Gasteiger partial charge in [-0.15, -0.1) is 0 Å². The molecule has 1 N–H and O–H groups in total. The molecule has 0 spiro atoms. The van der Waals surface area contributed by atoms with Gasteiger partial charge in [0.1, 0.15) is 4.90 Å². The number of morpholine rings is 1. The zero-order valence-electron chi connectivity index (χ0n) is 21.3. The van der Waals surface area contributed by atoms with Crippen LogP contribution in [0, 0.1) is 0 Å². The number of rotatable bonds is 7. The van der Waals surface area contributed by atoms with Crippen LogP contribution in [-0.2, 0) is 31.9 Å². The number of anilines is 1. The van der Waals surface area contributed by atoms with Crippen LogP contribution in [0.25, 0.3) is 6.08 Å². The molecular weight excluding hydrogens is 630 g/mol. The van der Waals surface area contributed by atoms with E-state index >= 15 is 0 Å². The summed E-state index contributed by atoms with van der Waals surface area (Å²) < 4.78 is 118. The van der Waals surface area contributed by atoms with Crippen LogP contribution in [0.1, 0.15) is 16.7 Å². The quantitative estimate of drug-likeness (QED) is 0.216. The standard InChI is InChI=1S/C27H21ClF6N2O4S2/c28-20-6-1-2-7-22(20)42(38,39)35-18-4-3-5-19(16-18)41-21-10-8-17(9-11-23(37)36-12-14-40-15-13-36)24(26(29,30)31)25(21)27(32,33)34/h1-11,16,35H,12-15H2/b11-9+. The third kappa shape index (κ3) is 7.60. The summed E-state index contributed by atoms with van der Waals surface area (Å²) in [6.45, 7) is 0.874. The van der Waals surface area contributed by atoms with Gasteiger partial charge in [0.25, 0.3) is 10.0 Å². The van der Waals surface area contributed by atoms with Crippen molar-refractivity contribution in [3.8, 4) is 0 Å². The molecule has 0 aliphatic carbocycles. The highest BCUT2D eigenvalue weighted by Gasteiger charge is 2.46. The second-order valence-electron chi connectivity index (χ2n) is 8.84. The van der Waals surface area contributed by atoms with Crippen molar-refractivity contribution in [3.05, 3.63) is 88.5 Å². The van der Waals surface area contributed by atoms with Crippen LogP contribution in [0.4, 0.5) is 32.0 Å². The maximum atomic E-state index is 14.2. The molecule has 0 atom stereocenters. The average molecular weight is 651 g/mol. The molecule has 0 unspecified atom stereocenters. The average Bonchev–Trinajstić information content (AvgIpc) is 2.91. The number of carbonyl (C=O) groups excluding carboxylic acids is 1. The Kier molecular flexibility index (Phi) is 9.50. The minimum absolute atomic E-state index is 0.0266. The molecule has 0 bridgehead atoms. The molecule has 3 aromatic carbocycles. The van der Waals surface area contributed by atoms with E-state index in [0.29, 0.717) is 17.8 Å². The number of nitrogens with one attached hydrogen (secondary N) is 1. The number of hydrogen-bond acceptors (Lipinski definition) is 5. The minimum Gasteiger partial charge on any atom is -0.378 e. The van der Waals surface area contributed by atoms with E-state index in [2.05, 4.69) is 4.72 Å². The van der Waals surface area contributed by atoms with Crippen molar-refractivity contribution in [3.63, 3.8) is 0 Å². The van der Waals surface area contributed by atoms with Crippen molar-refractivity contribution in [2.24, 2.45) is 0 Å². The Balaban J connectivity index is 1.69. The Morgan fingerprint density at radius 3 is 2.24 bits per heavy atom. The smallest absolute Gasteiger partial charge is 0.378 e. The van der Waals surface area contributed by atoms with Gasteiger partial charge in [-0.25, -0.2) is 8.42 Å². The SMILES string of the molecule is O=C(/C=C/c1ccc(Sc2cccc(NS(=O)(=O)c3ccccc3Cl)c2)c(C(F)(F)F)c1C(F)(F)F)N1CCOCC1. The zero-order valence-corrected chi connectivity index (χ0v) is 23.7. The van der Waals surface area contributed by atoms with E-state index in [1.54, 1.807) is 0 Å². The number of hydrogen-bond donors (Lipinski definition) is 1. The molecule has 4 rings (SSSR count). The number of ether oxygens (including phenoxy) is 1. The summed E-state index contributed by atoms with van der Waals surface area (Å²) in [5.74, 6) is -0.658. The van der Waals surface area contributed by atoms with E-state index in [1.807, 2.05) is 0 Å². The molecule has 1 heterocycles. The van der Waals surface area contributed by atoms with Crippen molar-refractivity contribution in [2.45, 2.75) is 27.0 Å². The molecule has 1 saturated heterocycles. The Bertz CT molecular complexity index is 1600. The van der Waals surface area contributed by atoms with Gasteiger partial charge in [-0.3, -0.25) is 9.52 Å². The van der Waals surface area contributed by atoms with Crippen molar-refractivity contribution in [1.29, 1.82) is 0 Å². The van der Waals surface area contributed by atoms with E-state index in [-0.39, 0.29) is 46.8 Å². The Labute approximate surface area is 246 Å². The molecule has 1 aliphatic heterocycles. The van der Waals surface area contributed by atoms with Gasteiger partial charge in [0, 0.05) is 34.6 Å². The van der Waals surface area contributed by atoms with E-state index in [4.69, 9.17) is 16.3 Å². The van der Waals surface area contributed by atoms with Crippen LogP contribution in [0.5, 0.6) is 0 Å². The van der Waals surface area contributed by atoms with Crippen molar-refractivity contribution < 1.29 is 44.3 Å². The molecule has 3 aromatic rings. The molecule has 0 saturated carbocycles. The first-order valence-corrected chi connectivity index (χ1v) is 14.8. The van der Waals surface area contributed by atoms with E-state index < -0.39 is 49.9 Å². The third-order valence-corrected chi connectivity index (χ3v) is 8.87. The predicted octanol–water partition coefficient (Wildman–Crippen LogP) is 7.20. The number of sulfonamides is 1. The fourth-order valence-electron chi connectivity index (χ4n) is 4.08. The number of alkyl halides is 6. The van der Waals surface area contributed by atoms with Gasteiger partial charge in [-0.05, 0) is 48.0 Å². The third-order valence-electron chi connectivity index (χ3n) is 5.93. The van der Waals surface area contributed by atoms with Gasteiger partial charge in [0.2, 0.25) is 5.91 Å². The van der Waals surface area contributed by atoms with E-state index in [0.717, 1.165) is 18.2 Å². The minimum atomic E-state index is -5.42. The number of halogens is 7. The second kappa shape index (κ2) is 12.6. The van der Waals surface area contributed by atoms with Crippen molar-refractivity contribution >= 4 is 51.1 Å². The van der Waals surface area contributed by atoms with Gasteiger partial charge < -0.3 is 9.64 Å². The van der Waals surface area contributed by atoms with Gasteiger partial charge in [-0.1, -0.05) is 47.6 Å². The van der Waals surface area contributed by atoms with Crippen LogP contribution in [0.2, 0.25) is 5.02 Å². The first-order chi connectivity index (χ1) is 19.7. The molecule has 1 aliphatic rings. The van der Waals surface area contributed by atoms with Gasteiger partial charge in [-0.2, -0.15) is 26.3 Å². The molecule has 1 fully saturated rings. The summed E-state index contributed by atoms with van der Waals surface area (Å²) in [6, 6.07) is 12.5. The lowest BCUT2D eigenvalue weighted by Crippen LogP contribution is -2.39. The van der Waals surface area contributed by atoms with Crippen LogP contribution in [0.15, 0.2) is 81.4 Å². The molecule has 1 amide bonds. The molecule has 42 heavy (non-hydrogen) atoms. The maximum Gasteiger partial charge on any atom is 0.418 e. The molecular formula is C27H21ClF6N2O4S2. The molecule has 224 valence electrons. The summed E-state index contributed by atoms with van der Waals surface area (Å²) >= 11 is 6.34. The fraction of sp³-hybridized carbons (Fsp3) is 0.222. The topological polar surface area (TPSA) is 75.7 Å². The lowest BCUT2D eigenvalue weighted by molar-refractivity contribution is -0.163. The maximum absolute atomic E-state index is 14.2. The number of benzene rings is 3. The number of carbonyl (C=O) groups is 1. The fourth-order valence-corrected chi connectivity index (χ4v) is 6.70. The largest absolute Gasteiger partial charge is 0.418 e. The summed E-state index contributed by atoms with van der Waals surface area (Å²) in [5.41, 5.74) is -4.75. The summed E-state index contributed by atoms with van der Waals surface area (Å²) in [7, 11) is -4.18. The zero-order chi connectivity index (χ0) is 30.7. The molecule has 0 radical (unpaired) electrons. The molecule has 6 nitrogen and oxygen atoms in total. The monoisotopic (exact) mass is 650 g/mol. The van der Waals surface area contributed by atoms with E-state index in [9.17, 15) is 39.6 Å². The number of amides is 1. The Hall–Kier alpha value is -3.20. The first kappa shape index (κ1) is 31.7. The van der Waals surface area contributed by atoms with Gasteiger partial charge in [0.15, 0.2) is 0 Å². The lowest BCUT2D eigenvalue weighted by Gasteiger charge is -2.25. The summed E-state index contributed by atoms with van der Waals surface area (Å²) in [6.07, 6.45) is -9.32. The normalized spacial score (nSPS) is 14.8. The van der Waals surface area contributed by atoms with Gasteiger partial charge >= 0.3 is 12.4 Å². The highest BCUT2D eigenvalue weighted by Crippen LogP contribution is 2.48. The number of nitrogens with zero attached hydrogens (tertiary/aromatic N) is 1.